The highest BCUT2D eigenvalue weighted by atomic mass is 16.5. The van der Waals surface area contributed by atoms with Gasteiger partial charge in [0.05, 0.1) is 31.3 Å². The average molecular weight is 439 g/mol. The number of carbonyl (C=O) groups is 3. The van der Waals surface area contributed by atoms with Gasteiger partial charge in [-0.15, -0.1) is 0 Å². The number of fused-ring (bicyclic) bond motifs is 1. The smallest absolute Gasteiger partial charge is 0.310 e. The minimum Gasteiger partial charge on any atom is -0.469 e. The van der Waals surface area contributed by atoms with Crippen LogP contribution in [-0.4, -0.2) is 69.6 Å². The molecular weight excluding hydrogens is 408 g/mol. The fraction of sp³-hybridized carbons (Fsp3) is 0.500. The van der Waals surface area contributed by atoms with Crippen molar-refractivity contribution in [3.8, 4) is 0 Å². The number of hydrogen-bond donors (Lipinski definition) is 0. The van der Waals surface area contributed by atoms with Gasteiger partial charge in [0.15, 0.2) is 0 Å². The van der Waals surface area contributed by atoms with Crippen molar-refractivity contribution in [2.45, 2.75) is 52.2 Å². The Labute approximate surface area is 188 Å². The molecule has 1 aromatic heterocycles. The molecule has 2 amide bonds. The van der Waals surface area contributed by atoms with Crippen LogP contribution in [0.5, 0.6) is 0 Å². The minimum atomic E-state index is -0.335. The molecule has 0 aliphatic carbocycles. The number of esters is 1. The van der Waals surface area contributed by atoms with Crippen LogP contribution in [0.25, 0.3) is 0 Å². The molecule has 2 aliphatic heterocycles. The molecule has 0 bridgehead atoms. The fourth-order valence-corrected chi connectivity index (χ4v) is 5.18. The third kappa shape index (κ3) is 4.01. The minimum absolute atomic E-state index is 0.0292. The molecule has 4 rings (SSSR count). The molecule has 0 radical (unpaired) electrons. The van der Waals surface area contributed by atoms with Crippen molar-refractivity contribution >= 4 is 17.8 Å². The molecule has 2 saturated heterocycles. The molecule has 8 nitrogen and oxygen atoms in total. The molecule has 2 aromatic rings. The first-order valence-corrected chi connectivity index (χ1v) is 11.1. The van der Waals surface area contributed by atoms with Gasteiger partial charge in [-0.2, -0.15) is 5.10 Å². The Bertz CT molecular complexity index is 1050. The summed E-state index contributed by atoms with van der Waals surface area (Å²) < 4.78 is 6.87. The zero-order valence-electron chi connectivity index (χ0n) is 19.1. The molecule has 2 fully saturated rings. The number of nitrogens with zero attached hydrogens (tertiary/aromatic N) is 4. The number of piperazine rings is 1. The molecule has 0 N–H and O–H groups in total. The largest absolute Gasteiger partial charge is 0.469 e. The van der Waals surface area contributed by atoms with Crippen molar-refractivity contribution in [3.05, 3.63) is 52.8 Å². The Morgan fingerprint density at radius 3 is 2.66 bits per heavy atom. The zero-order valence-corrected chi connectivity index (χ0v) is 19.1. The van der Waals surface area contributed by atoms with Gasteiger partial charge in [0, 0.05) is 23.8 Å². The molecule has 1 aromatic carbocycles. The third-order valence-electron chi connectivity index (χ3n) is 6.61. The second-order valence-electron chi connectivity index (χ2n) is 8.77. The van der Waals surface area contributed by atoms with E-state index in [2.05, 4.69) is 5.10 Å². The van der Waals surface area contributed by atoms with Gasteiger partial charge in [0.1, 0.15) is 6.54 Å². The van der Waals surface area contributed by atoms with Gasteiger partial charge in [-0.25, -0.2) is 0 Å². The normalized spacial score (nSPS) is 22.8. The number of methoxy groups -OCH3 is 1. The van der Waals surface area contributed by atoms with Crippen molar-refractivity contribution in [3.63, 3.8) is 0 Å². The number of amides is 2. The van der Waals surface area contributed by atoms with E-state index in [0.717, 1.165) is 17.0 Å². The van der Waals surface area contributed by atoms with E-state index in [4.69, 9.17) is 4.74 Å². The summed E-state index contributed by atoms with van der Waals surface area (Å²) in [6, 6.07) is 9.18. The van der Waals surface area contributed by atoms with Crippen LogP contribution in [0.2, 0.25) is 0 Å². The summed E-state index contributed by atoms with van der Waals surface area (Å²) in [5.41, 5.74) is 3.55. The maximum absolute atomic E-state index is 13.3. The van der Waals surface area contributed by atoms with Gasteiger partial charge in [-0.3, -0.25) is 19.1 Å². The number of ether oxygens (including phenoxy) is 1. The number of aryl methyl sites for hydroxylation is 2. The van der Waals surface area contributed by atoms with Crippen LogP contribution >= 0.6 is 0 Å². The summed E-state index contributed by atoms with van der Waals surface area (Å²) in [7, 11) is 1.38. The first-order valence-electron chi connectivity index (χ1n) is 11.1. The van der Waals surface area contributed by atoms with E-state index < -0.39 is 0 Å². The van der Waals surface area contributed by atoms with Crippen molar-refractivity contribution in [1.29, 1.82) is 0 Å². The van der Waals surface area contributed by atoms with Gasteiger partial charge in [-0.1, -0.05) is 19.1 Å². The molecule has 0 saturated carbocycles. The van der Waals surface area contributed by atoms with Gasteiger partial charge in [-0.05, 0) is 50.5 Å². The highest BCUT2D eigenvalue weighted by Crippen LogP contribution is 2.35. The topological polar surface area (TPSA) is 84.7 Å². The maximum atomic E-state index is 13.3. The Balaban J connectivity index is 1.51. The van der Waals surface area contributed by atoms with Crippen LogP contribution < -0.4 is 0 Å². The Morgan fingerprint density at radius 2 is 2.00 bits per heavy atom. The van der Waals surface area contributed by atoms with Crippen LogP contribution in [0.1, 0.15) is 47.1 Å². The number of benzene rings is 1. The number of aromatic nitrogens is 2. The summed E-state index contributed by atoms with van der Waals surface area (Å²) in [6.45, 7) is 6.97. The second-order valence-corrected chi connectivity index (χ2v) is 8.77. The van der Waals surface area contributed by atoms with Gasteiger partial charge < -0.3 is 14.5 Å². The lowest BCUT2D eigenvalue weighted by atomic mass is 9.97. The number of rotatable bonds is 5. The summed E-state index contributed by atoms with van der Waals surface area (Å²) in [5, 5.41) is 4.49. The molecular formula is C24H30N4O4. The molecule has 3 atom stereocenters. The quantitative estimate of drug-likeness (QED) is 0.668. The summed E-state index contributed by atoms with van der Waals surface area (Å²) >= 11 is 0. The maximum Gasteiger partial charge on any atom is 0.310 e. The van der Waals surface area contributed by atoms with Crippen molar-refractivity contribution in [2.24, 2.45) is 5.92 Å². The molecule has 0 spiro atoms. The Kier molecular flexibility index (Phi) is 6.04. The van der Waals surface area contributed by atoms with Crippen LogP contribution in [-0.2, 0) is 20.9 Å². The van der Waals surface area contributed by atoms with Crippen LogP contribution in [0.3, 0.4) is 0 Å². The van der Waals surface area contributed by atoms with Crippen molar-refractivity contribution in [1.82, 2.24) is 19.6 Å². The predicted molar refractivity (Wildman–Crippen MR) is 118 cm³/mol. The van der Waals surface area contributed by atoms with Gasteiger partial charge in [0.2, 0.25) is 5.91 Å². The highest BCUT2D eigenvalue weighted by Gasteiger charge is 2.49. The second kappa shape index (κ2) is 8.76. The average Bonchev–Trinajstić information content (AvgIpc) is 3.31. The lowest BCUT2D eigenvalue weighted by Crippen LogP contribution is -2.57. The van der Waals surface area contributed by atoms with Crippen molar-refractivity contribution in [2.75, 3.05) is 20.2 Å². The predicted octanol–water partition coefficient (Wildman–Crippen LogP) is 2.17. The van der Waals surface area contributed by atoms with Crippen molar-refractivity contribution < 1.29 is 19.1 Å². The Hall–Kier alpha value is -3.16. The summed E-state index contributed by atoms with van der Waals surface area (Å²) in [6.07, 6.45) is 1.21. The van der Waals surface area contributed by atoms with E-state index in [1.54, 1.807) is 11.0 Å². The monoisotopic (exact) mass is 438 g/mol. The molecule has 3 heterocycles. The van der Waals surface area contributed by atoms with E-state index in [9.17, 15) is 14.4 Å². The SMILES string of the molecule is CC[C@H]1[C@@H](C(=O)OC)C[C@H]2CN(C(=O)c3cccc(Cn4nc(C)cc4C)c3)CC(=O)N21. The van der Waals surface area contributed by atoms with E-state index in [1.807, 2.05) is 54.6 Å². The van der Waals surface area contributed by atoms with Crippen LogP contribution in [0.15, 0.2) is 30.3 Å². The molecule has 32 heavy (non-hydrogen) atoms. The van der Waals surface area contributed by atoms with Crippen LogP contribution in [0.4, 0.5) is 0 Å². The van der Waals surface area contributed by atoms with Crippen LogP contribution in [0, 0.1) is 19.8 Å². The number of carbonyl (C=O) groups excluding carboxylic acids is 3. The van der Waals surface area contributed by atoms with E-state index in [0.29, 0.717) is 31.5 Å². The van der Waals surface area contributed by atoms with E-state index in [1.165, 1.54) is 7.11 Å². The Morgan fingerprint density at radius 1 is 1.22 bits per heavy atom. The summed E-state index contributed by atoms with van der Waals surface area (Å²) in [4.78, 5) is 41.9. The molecule has 2 aliphatic rings. The zero-order chi connectivity index (χ0) is 23.0. The first-order chi connectivity index (χ1) is 15.3. The van der Waals surface area contributed by atoms with Gasteiger partial charge in [0.25, 0.3) is 5.91 Å². The third-order valence-corrected chi connectivity index (χ3v) is 6.61. The van der Waals surface area contributed by atoms with Gasteiger partial charge >= 0.3 is 5.97 Å². The molecule has 170 valence electrons. The van der Waals surface area contributed by atoms with E-state index in [-0.39, 0.29) is 42.3 Å². The molecule has 0 unspecified atom stereocenters. The number of hydrogen-bond acceptors (Lipinski definition) is 5. The van der Waals surface area contributed by atoms with E-state index >= 15 is 0 Å². The molecule has 8 heteroatoms. The summed E-state index contributed by atoms with van der Waals surface area (Å²) in [5.74, 6) is -0.888. The fourth-order valence-electron chi connectivity index (χ4n) is 5.18. The standard InChI is InChI=1S/C24H30N4O4/c1-5-21-20(24(31)32-4)11-19-13-26(14-22(29)28(19)21)23(30)18-8-6-7-17(10-18)12-27-16(3)9-15(2)25-27/h6-10,19-21H,5,11-14H2,1-4H3/t19-,20-,21-/m0/s1. The lowest BCUT2D eigenvalue weighted by molar-refractivity contribution is -0.147. The highest BCUT2D eigenvalue weighted by molar-refractivity contribution is 5.97. The first kappa shape index (κ1) is 22.0. The lowest BCUT2D eigenvalue weighted by Gasteiger charge is -2.39.